The van der Waals surface area contributed by atoms with Crippen LogP contribution in [0, 0.1) is 5.41 Å². The minimum absolute atomic E-state index is 0.0232. The van der Waals surface area contributed by atoms with Crippen LogP contribution >= 0.6 is 11.6 Å². The summed E-state index contributed by atoms with van der Waals surface area (Å²) in [5.74, 6) is 0.793. The van der Waals surface area contributed by atoms with Crippen LogP contribution in [0.15, 0.2) is 66.9 Å². The van der Waals surface area contributed by atoms with Crippen molar-refractivity contribution in [3.63, 3.8) is 0 Å². The fraction of sp³-hybridized carbons (Fsp3) is 0.487. The summed E-state index contributed by atoms with van der Waals surface area (Å²) >= 11 is 6.18. The number of urea groups is 1. The predicted molar refractivity (Wildman–Crippen MR) is 190 cm³/mol. The van der Waals surface area contributed by atoms with Crippen LogP contribution in [0.2, 0.25) is 5.02 Å². The third-order valence-electron chi connectivity index (χ3n) is 8.95. The van der Waals surface area contributed by atoms with Crippen LogP contribution < -0.4 is 10.1 Å². The monoisotopic (exact) mass is 658 g/mol. The van der Waals surface area contributed by atoms with Gasteiger partial charge in [-0.05, 0) is 99.4 Å². The molecule has 0 saturated carbocycles. The third kappa shape index (κ3) is 9.16. The largest absolute Gasteiger partial charge is 0.487 e. The van der Waals surface area contributed by atoms with Crippen LogP contribution in [0.5, 0.6) is 5.75 Å². The van der Waals surface area contributed by atoms with E-state index in [0.717, 1.165) is 78.2 Å². The van der Waals surface area contributed by atoms with E-state index in [2.05, 4.69) is 62.0 Å². The number of nitrogens with zero attached hydrogens (tertiary/aromatic N) is 3. The molecule has 2 aliphatic heterocycles. The van der Waals surface area contributed by atoms with Crippen molar-refractivity contribution in [3.8, 4) is 5.75 Å². The van der Waals surface area contributed by atoms with E-state index in [0.29, 0.717) is 18.2 Å². The van der Waals surface area contributed by atoms with E-state index in [9.17, 15) is 9.90 Å². The third-order valence-corrected chi connectivity index (χ3v) is 9.20. The number of benzene rings is 2. The summed E-state index contributed by atoms with van der Waals surface area (Å²) in [6, 6.07) is 17.9. The summed E-state index contributed by atoms with van der Waals surface area (Å²) in [7, 11) is 0. The van der Waals surface area contributed by atoms with Gasteiger partial charge < -0.3 is 25.0 Å². The number of ether oxygens (including phenoxy) is 1. The molecule has 3 heterocycles. The minimum atomic E-state index is -0.971. The number of carbonyl (C=O) groups is 1. The molecule has 2 aromatic carbocycles. The first-order valence-electron chi connectivity index (χ1n) is 16.8. The van der Waals surface area contributed by atoms with Gasteiger partial charge in [-0.15, -0.1) is 0 Å². The fourth-order valence-electron chi connectivity index (χ4n) is 7.10. The maximum Gasteiger partial charge on any atom is 0.318 e. The second kappa shape index (κ2) is 14.0. The Bertz CT molecular complexity index is 1590. The van der Waals surface area contributed by atoms with Crippen molar-refractivity contribution in [2.45, 2.75) is 98.1 Å². The van der Waals surface area contributed by atoms with Crippen LogP contribution in [0.1, 0.15) is 95.7 Å². The summed E-state index contributed by atoms with van der Waals surface area (Å²) in [5, 5.41) is 14.8. The standard InChI is InChI=1S/C39H51ClN4O3/c1-37(2,3)26-38(4,5)42-36(45)44(23-27-12-15-29(40)16-13-27)30-18-21-43(24-30)20-9-11-31-32-10-8-19-41-34(32)25-47-35-17-14-28(22-33(31)35)39(6,7)46/h8,10-17,19,22,30,46H,9,18,20-21,23-26H2,1-7H3,(H,42,45)/b31-11+/t30-/m0/s1. The van der Waals surface area contributed by atoms with Gasteiger partial charge in [0.2, 0.25) is 0 Å². The molecule has 7 nitrogen and oxygen atoms in total. The molecule has 0 spiro atoms. The smallest absolute Gasteiger partial charge is 0.318 e. The molecule has 8 heteroatoms. The van der Waals surface area contributed by atoms with Gasteiger partial charge in [-0.3, -0.25) is 4.98 Å². The van der Waals surface area contributed by atoms with E-state index < -0.39 is 5.60 Å². The lowest BCUT2D eigenvalue weighted by Gasteiger charge is -2.37. The quantitative estimate of drug-likeness (QED) is 0.243. The van der Waals surface area contributed by atoms with Gasteiger partial charge in [-0.2, -0.15) is 0 Å². The number of pyridine rings is 1. The summed E-state index contributed by atoms with van der Waals surface area (Å²) in [5.41, 5.74) is 4.69. The zero-order valence-corrected chi connectivity index (χ0v) is 29.8. The minimum Gasteiger partial charge on any atom is -0.487 e. The summed E-state index contributed by atoms with van der Waals surface area (Å²) in [4.78, 5) is 23.0. The van der Waals surface area contributed by atoms with Crippen LogP contribution in [-0.4, -0.2) is 57.1 Å². The summed E-state index contributed by atoms with van der Waals surface area (Å²) in [6.07, 6.45) is 6.69. The summed E-state index contributed by atoms with van der Waals surface area (Å²) < 4.78 is 6.19. The van der Waals surface area contributed by atoms with Crippen molar-refractivity contribution < 1.29 is 14.6 Å². The van der Waals surface area contributed by atoms with E-state index in [1.807, 2.05) is 53.4 Å². The van der Waals surface area contributed by atoms with Gasteiger partial charge in [0.25, 0.3) is 0 Å². The fourth-order valence-corrected chi connectivity index (χ4v) is 7.23. The maximum atomic E-state index is 13.9. The van der Waals surface area contributed by atoms with Crippen LogP contribution in [0.25, 0.3) is 5.57 Å². The van der Waals surface area contributed by atoms with E-state index in [4.69, 9.17) is 16.3 Å². The Labute approximate surface area is 286 Å². The molecular weight excluding hydrogens is 608 g/mol. The molecule has 1 saturated heterocycles. The van der Waals surface area contributed by atoms with Crippen molar-refractivity contribution in [3.05, 3.63) is 99.8 Å². The summed E-state index contributed by atoms with van der Waals surface area (Å²) in [6.45, 7) is 18.0. The van der Waals surface area contributed by atoms with Crippen molar-refractivity contribution in [2.24, 2.45) is 5.41 Å². The number of hydrogen-bond donors (Lipinski definition) is 2. The first-order chi connectivity index (χ1) is 22.1. The molecular formula is C39H51ClN4O3. The lowest BCUT2D eigenvalue weighted by atomic mass is 9.82. The SMILES string of the molecule is CC(C)(C)CC(C)(C)NC(=O)N(Cc1ccc(Cl)cc1)[C@H]1CCN(CC/C=C2/c3cc(C(C)(C)O)ccc3OCc3ncccc32)C1. The molecule has 2 amide bonds. The highest BCUT2D eigenvalue weighted by Crippen LogP contribution is 2.39. The average molecular weight is 659 g/mol. The van der Waals surface area contributed by atoms with Gasteiger partial charge in [0.1, 0.15) is 12.4 Å². The first kappa shape index (κ1) is 34.9. The number of nitrogens with one attached hydrogen (secondary N) is 1. The average Bonchev–Trinajstić information content (AvgIpc) is 3.38. The lowest BCUT2D eigenvalue weighted by Crippen LogP contribution is -2.54. The number of halogens is 1. The second-order valence-electron chi connectivity index (χ2n) is 15.5. The Morgan fingerprint density at radius 1 is 1.09 bits per heavy atom. The van der Waals surface area contributed by atoms with Gasteiger partial charge in [-0.1, -0.05) is 62.7 Å². The second-order valence-corrected chi connectivity index (χ2v) is 15.9. The molecule has 0 aliphatic carbocycles. The molecule has 2 aliphatic rings. The molecule has 5 rings (SSSR count). The van der Waals surface area contributed by atoms with Crippen LogP contribution in [0.3, 0.4) is 0 Å². The van der Waals surface area contributed by atoms with Gasteiger partial charge >= 0.3 is 6.03 Å². The molecule has 2 N–H and O–H groups in total. The number of amides is 2. The highest BCUT2D eigenvalue weighted by molar-refractivity contribution is 6.30. The topological polar surface area (TPSA) is 77.9 Å². The van der Waals surface area contributed by atoms with E-state index in [1.165, 1.54) is 0 Å². The zero-order valence-electron chi connectivity index (χ0n) is 29.1. The first-order valence-corrected chi connectivity index (χ1v) is 17.2. The van der Waals surface area contributed by atoms with Crippen molar-refractivity contribution in [2.75, 3.05) is 19.6 Å². The molecule has 1 fully saturated rings. The molecule has 1 aromatic heterocycles. The van der Waals surface area contributed by atoms with Gasteiger partial charge in [0, 0.05) is 60.1 Å². The number of likely N-dealkylation sites (tertiary alicyclic amines) is 1. The number of aliphatic hydroxyl groups is 1. The van der Waals surface area contributed by atoms with Gasteiger partial charge in [-0.25, -0.2) is 4.79 Å². The maximum absolute atomic E-state index is 13.9. The van der Waals surface area contributed by atoms with Crippen molar-refractivity contribution >= 4 is 23.2 Å². The normalized spacial score (nSPS) is 17.9. The van der Waals surface area contributed by atoms with Crippen molar-refractivity contribution in [1.29, 1.82) is 0 Å². The van der Waals surface area contributed by atoms with E-state index >= 15 is 0 Å². The van der Waals surface area contributed by atoms with E-state index in [-0.39, 0.29) is 23.0 Å². The van der Waals surface area contributed by atoms with Gasteiger partial charge in [0.05, 0.1) is 11.3 Å². The highest BCUT2D eigenvalue weighted by atomic mass is 35.5. The number of carbonyl (C=O) groups excluding carboxylic acids is 1. The highest BCUT2D eigenvalue weighted by Gasteiger charge is 2.34. The Morgan fingerprint density at radius 2 is 1.83 bits per heavy atom. The molecule has 252 valence electrons. The van der Waals surface area contributed by atoms with Crippen LogP contribution in [0.4, 0.5) is 4.79 Å². The number of rotatable bonds is 9. The molecule has 1 atom stereocenters. The molecule has 47 heavy (non-hydrogen) atoms. The number of aromatic nitrogens is 1. The van der Waals surface area contributed by atoms with Gasteiger partial charge in [0.15, 0.2) is 0 Å². The Balaban J connectivity index is 1.34. The Hall–Kier alpha value is -3.39. The molecule has 0 bridgehead atoms. The number of hydrogen-bond acceptors (Lipinski definition) is 5. The molecule has 3 aromatic rings. The molecule has 0 radical (unpaired) electrons. The van der Waals surface area contributed by atoms with E-state index in [1.54, 1.807) is 20.0 Å². The zero-order chi connectivity index (χ0) is 34.0. The molecule has 0 unspecified atom stereocenters. The predicted octanol–water partition coefficient (Wildman–Crippen LogP) is 8.18. The lowest BCUT2D eigenvalue weighted by molar-refractivity contribution is 0.0785. The Morgan fingerprint density at radius 3 is 2.53 bits per heavy atom. The van der Waals surface area contributed by atoms with Crippen molar-refractivity contribution in [1.82, 2.24) is 20.1 Å². The van der Waals surface area contributed by atoms with Crippen LogP contribution in [-0.2, 0) is 18.8 Å². The number of fused-ring (bicyclic) bond motifs is 2. The Kier molecular flexibility index (Phi) is 10.4.